The summed E-state index contributed by atoms with van der Waals surface area (Å²) in [6, 6.07) is 64.2. The van der Waals surface area contributed by atoms with Crippen molar-refractivity contribution in [2.45, 2.75) is 13.8 Å². The largest absolute Gasteiger partial charge is 0.0622 e. The van der Waals surface area contributed by atoms with Crippen LogP contribution in [0.25, 0.3) is 132 Å². The van der Waals surface area contributed by atoms with Gasteiger partial charge in [-0.1, -0.05) is 170 Å². The van der Waals surface area contributed by atoms with Gasteiger partial charge in [-0.3, -0.25) is 0 Å². The fourth-order valence-corrected chi connectivity index (χ4v) is 11.0. The predicted molar refractivity (Wildman–Crippen MR) is 240 cm³/mol. The molecule has 0 aromatic heterocycles. The van der Waals surface area contributed by atoms with Gasteiger partial charge < -0.3 is 0 Å². The zero-order valence-corrected chi connectivity index (χ0v) is 31.2. The van der Waals surface area contributed by atoms with Crippen molar-refractivity contribution in [2.24, 2.45) is 0 Å². The third-order valence-corrected chi connectivity index (χ3v) is 13.2. The van der Waals surface area contributed by atoms with Gasteiger partial charge in [0.05, 0.1) is 0 Å². The smallest absolute Gasteiger partial charge is 0.000718 e. The zero-order valence-electron chi connectivity index (χ0n) is 31.2. The summed E-state index contributed by atoms with van der Waals surface area (Å²) in [7, 11) is 0. The molecule has 258 valence electrons. The summed E-state index contributed by atoms with van der Waals surface area (Å²) in [6.07, 6.45) is 0. The molecule has 2 aliphatic rings. The molecule has 0 atom stereocenters. The zero-order chi connectivity index (χ0) is 36.8. The number of hydrogen-bond acceptors (Lipinski definition) is 0. The molecule has 0 saturated carbocycles. The maximum Gasteiger partial charge on any atom is -0.000718 e. The highest BCUT2D eigenvalue weighted by Crippen LogP contribution is 2.61. The highest BCUT2D eigenvalue weighted by molar-refractivity contribution is 6.41. The lowest BCUT2D eigenvalue weighted by molar-refractivity contribution is 1.39. The molecule has 56 heavy (non-hydrogen) atoms. The van der Waals surface area contributed by atoms with Crippen molar-refractivity contribution in [3.8, 4) is 77.9 Å². The van der Waals surface area contributed by atoms with E-state index in [1.807, 2.05) is 0 Å². The van der Waals surface area contributed by atoms with Gasteiger partial charge in [-0.05, 0) is 157 Å². The summed E-state index contributed by atoms with van der Waals surface area (Å²) in [5, 5.41) is 13.5. The fraction of sp³-hybridized carbons (Fsp3) is 0.0357. The second-order valence-corrected chi connectivity index (χ2v) is 15.9. The van der Waals surface area contributed by atoms with Gasteiger partial charge in [0.2, 0.25) is 0 Å². The van der Waals surface area contributed by atoms with Crippen LogP contribution in [0.1, 0.15) is 11.1 Å². The Labute approximate surface area is 325 Å². The van der Waals surface area contributed by atoms with Crippen molar-refractivity contribution >= 4 is 53.9 Å². The minimum atomic E-state index is 1.23. The van der Waals surface area contributed by atoms with Crippen molar-refractivity contribution in [1.82, 2.24) is 0 Å². The van der Waals surface area contributed by atoms with Crippen LogP contribution in [0.4, 0.5) is 0 Å². The molecule has 11 aromatic carbocycles. The third kappa shape index (κ3) is 3.69. The molecule has 0 nitrogen and oxygen atoms in total. The minimum absolute atomic E-state index is 1.23. The Morgan fingerprint density at radius 1 is 0.214 bits per heavy atom. The predicted octanol–water partition coefficient (Wildman–Crippen LogP) is 15.8. The summed E-state index contributed by atoms with van der Waals surface area (Å²) in [5.41, 5.74) is 21.1. The second kappa shape index (κ2) is 10.8. The number of hydrogen-bond donors (Lipinski definition) is 0. The molecule has 0 radical (unpaired) electrons. The maximum absolute atomic E-state index is 2.46. The molecule has 0 unspecified atom stereocenters. The van der Waals surface area contributed by atoms with Gasteiger partial charge in [-0.25, -0.2) is 0 Å². The van der Waals surface area contributed by atoms with E-state index in [1.54, 1.807) is 0 Å². The van der Waals surface area contributed by atoms with Gasteiger partial charge in [0, 0.05) is 0 Å². The average molecular weight is 707 g/mol. The molecule has 0 saturated heterocycles. The van der Waals surface area contributed by atoms with Gasteiger partial charge in [-0.2, -0.15) is 0 Å². The minimum Gasteiger partial charge on any atom is -0.0622 e. The Hall–Kier alpha value is -7.02. The van der Waals surface area contributed by atoms with Gasteiger partial charge >= 0.3 is 0 Å². The van der Waals surface area contributed by atoms with E-state index >= 15 is 0 Å². The molecule has 11 aromatic rings. The molecular formula is C56H34. The lowest BCUT2D eigenvalue weighted by Crippen LogP contribution is -1.97. The maximum atomic E-state index is 2.46. The van der Waals surface area contributed by atoms with Crippen molar-refractivity contribution in [2.75, 3.05) is 0 Å². The number of fused-ring (bicyclic) bond motifs is 9. The molecular weight excluding hydrogens is 673 g/mol. The Bertz CT molecular complexity index is 3430. The Balaban J connectivity index is 1.23. The Morgan fingerprint density at radius 3 is 1.21 bits per heavy atom. The number of rotatable bonds is 3. The molecule has 13 rings (SSSR count). The molecule has 0 aliphatic heterocycles. The van der Waals surface area contributed by atoms with Crippen LogP contribution in [0.5, 0.6) is 0 Å². The van der Waals surface area contributed by atoms with E-state index in [1.165, 1.54) is 143 Å². The van der Waals surface area contributed by atoms with E-state index in [0.717, 1.165) is 0 Å². The highest BCUT2D eigenvalue weighted by Gasteiger charge is 2.34. The Kier molecular flexibility index (Phi) is 5.85. The first kappa shape index (κ1) is 30.3. The molecule has 0 fully saturated rings. The SMILES string of the molecule is Cc1cccc(C)c1-c1c2c(c(-c3ccccc3-c3ccccc3)c3ccccc13)-c1ccc3c4ccc5c6c(ccc(c7ccc-2c1c37)c64)-c1ccccc1-5. The Morgan fingerprint density at radius 2 is 0.643 bits per heavy atom. The van der Waals surface area contributed by atoms with E-state index in [9.17, 15) is 0 Å². The van der Waals surface area contributed by atoms with E-state index in [-0.39, 0.29) is 0 Å². The first-order valence-electron chi connectivity index (χ1n) is 19.8. The lowest BCUT2D eigenvalue weighted by atomic mass is 9.79. The lowest BCUT2D eigenvalue weighted by Gasteiger charge is -2.23. The quantitative estimate of drug-likeness (QED) is 0.127. The van der Waals surface area contributed by atoms with Crippen LogP contribution in [-0.4, -0.2) is 0 Å². The first-order valence-corrected chi connectivity index (χ1v) is 19.8. The third-order valence-electron chi connectivity index (χ3n) is 13.2. The van der Waals surface area contributed by atoms with Crippen LogP contribution < -0.4 is 0 Å². The number of benzene rings is 11. The van der Waals surface area contributed by atoms with Gasteiger partial charge in [0.15, 0.2) is 0 Å². The van der Waals surface area contributed by atoms with Crippen molar-refractivity contribution in [1.29, 1.82) is 0 Å². The summed E-state index contributed by atoms with van der Waals surface area (Å²) < 4.78 is 0. The topological polar surface area (TPSA) is 0 Å². The summed E-state index contributed by atoms with van der Waals surface area (Å²) in [5.74, 6) is 0. The van der Waals surface area contributed by atoms with Crippen LogP contribution in [0.3, 0.4) is 0 Å². The van der Waals surface area contributed by atoms with E-state index < -0.39 is 0 Å². The monoisotopic (exact) mass is 706 g/mol. The molecule has 2 aliphatic carbocycles. The van der Waals surface area contributed by atoms with Crippen LogP contribution >= 0.6 is 0 Å². The van der Waals surface area contributed by atoms with Crippen LogP contribution in [0.15, 0.2) is 170 Å². The molecule has 0 bridgehead atoms. The molecule has 0 heteroatoms. The van der Waals surface area contributed by atoms with E-state index in [2.05, 4.69) is 184 Å². The molecule has 0 amide bonds. The number of aryl methyl sites for hydroxylation is 2. The average Bonchev–Trinajstić information content (AvgIpc) is 3.76. The summed E-state index contributed by atoms with van der Waals surface area (Å²) in [6.45, 7) is 4.56. The molecule has 0 spiro atoms. The molecule has 0 N–H and O–H groups in total. The van der Waals surface area contributed by atoms with E-state index in [4.69, 9.17) is 0 Å². The van der Waals surface area contributed by atoms with Crippen molar-refractivity contribution in [3.63, 3.8) is 0 Å². The normalized spacial score (nSPS) is 12.5. The van der Waals surface area contributed by atoms with Gasteiger partial charge in [0.1, 0.15) is 0 Å². The summed E-state index contributed by atoms with van der Waals surface area (Å²) in [4.78, 5) is 0. The standard InChI is InChI=1S/C56H34/c1-31-13-12-14-32(2)48(31)54-39-22-11-10-21-38(39)52(37-20-9-6-17-34(37)33-15-4-3-5-16-33)55-46-29-27-44-42-25-23-40-35-18-7-8-19-36(35)41-24-26-43(50(42)49(40)41)45-28-30-47(56(54)55)53(46)51(44)45/h3-30H,1-2H3. The van der Waals surface area contributed by atoms with Crippen LogP contribution in [0.2, 0.25) is 0 Å². The van der Waals surface area contributed by atoms with Crippen LogP contribution in [-0.2, 0) is 0 Å². The van der Waals surface area contributed by atoms with Crippen LogP contribution in [0, 0.1) is 13.8 Å². The van der Waals surface area contributed by atoms with Crippen molar-refractivity contribution in [3.05, 3.63) is 181 Å². The first-order chi connectivity index (χ1) is 27.7. The second-order valence-electron chi connectivity index (χ2n) is 15.9. The van der Waals surface area contributed by atoms with Gasteiger partial charge in [0.25, 0.3) is 0 Å². The fourth-order valence-electron chi connectivity index (χ4n) is 11.0. The molecule has 0 heterocycles. The summed E-state index contributed by atoms with van der Waals surface area (Å²) >= 11 is 0. The van der Waals surface area contributed by atoms with Crippen molar-refractivity contribution < 1.29 is 0 Å². The highest BCUT2D eigenvalue weighted by atomic mass is 14.4. The van der Waals surface area contributed by atoms with E-state index in [0.29, 0.717) is 0 Å². The van der Waals surface area contributed by atoms with Gasteiger partial charge in [-0.15, -0.1) is 0 Å².